The zero-order chi connectivity index (χ0) is 19.1. The number of piperidine rings is 1. The minimum Gasteiger partial charge on any atom is -0.444 e. The second kappa shape index (κ2) is 6.86. The molecule has 3 heterocycles. The lowest BCUT2D eigenvalue weighted by molar-refractivity contribution is 0.0204. The van der Waals surface area contributed by atoms with Gasteiger partial charge in [-0.25, -0.2) is 9.78 Å². The number of pyridine rings is 1. The number of nitrogens with one attached hydrogen (secondary N) is 1. The average molecular weight is 424 g/mol. The fraction of sp³-hybridized carbons (Fsp3) is 0.529. The second-order valence-corrected chi connectivity index (χ2v) is 8.25. The summed E-state index contributed by atoms with van der Waals surface area (Å²) in [5.74, 6) is -0.414. The number of nitrogens with zero attached hydrogens (tertiary/aromatic N) is 3. The van der Waals surface area contributed by atoms with E-state index >= 15 is 0 Å². The Labute approximate surface area is 159 Å². The van der Waals surface area contributed by atoms with Gasteiger partial charge in [0, 0.05) is 30.1 Å². The Balaban J connectivity index is 1.78. The highest BCUT2D eigenvalue weighted by atomic mass is 79.9. The van der Waals surface area contributed by atoms with E-state index in [4.69, 9.17) is 10.5 Å². The summed E-state index contributed by atoms with van der Waals surface area (Å²) in [6.45, 7) is 6.79. The predicted molar refractivity (Wildman–Crippen MR) is 99.9 cm³/mol. The number of ether oxygens (including phenoxy) is 1. The first-order valence-electron chi connectivity index (χ1n) is 8.48. The van der Waals surface area contributed by atoms with Crippen molar-refractivity contribution in [1.29, 1.82) is 0 Å². The lowest BCUT2D eigenvalue weighted by Gasteiger charge is -2.33. The van der Waals surface area contributed by atoms with Gasteiger partial charge in [-0.2, -0.15) is 5.10 Å². The van der Waals surface area contributed by atoms with Gasteiger partial charge in [0.05, 0.1) is 0 Å². The summed E-state index contributed by atoms with van der Waals surface area (Å²) in [6, 6.07) is 1.83. The molecule has 0 spiro atoms. The Morgan fingerprint density at radius 3 is 2.58 bits per heavy atom. The molecule has 0 unspecified atom stereocenters. The summed E-state index contributed by atoms with van der Waals surface area (Å²) in [5, 5.41) is 8.11. The van der Waals surface area contributed by atoms with Crippen LogP contribution < -0.4 is 5.73 Å². The smallest absolute Gasteiger partial charge is 0.410 e. The van der Waals surface area contributed by atoms with Crippen molar-refractivity contribution < 1.29 is 14.3 Å². The molecule has 0 aliphatic carbocycles. The van der Waals surface area contributed by atoms with Crippen LogP contribution in [0.15, 0.2) is 10.7 Å². The molecule has 0 bridgehead atoms. The molecule has 1 fully saturated rings. The molecule has 3 rings (SSSR count). The Hall–Kier alpha value is -2.16. The SMILES string of the molecule is CC(C)(C)OC(=O)N1CCC(c2[nH]nc3c(C(N)=O)nc(Br)cc23)CC1. The molecule has 0 aromatic carbocycles. The van der Waals surface area contributed by atoms with Gasteiger partial charge in [0.15, 0.2) is 5.69 Å². The lowest BCUT2D eigenvalue weighted by atomic mass is 9.92. The Morgan fingerprint density at radius 2 is 2.00 bits per heavy atom. The number of primary amides is 1. The molecule has 8 nitrogen and oxygen atoms in total. The van der Waals surface area contributed by atoms with Gasteiger partial charge in [-0.1, -0.05) is 0 Å². The van der Waals surface area contributed by atoms with Crippen LogP contribution in [0.2, 0.25) is 0 Å². The molecule has 3 N–H and O–H groups in total. The number of fused-ring (bicyclic) bond motifs is 1. The number of likely N-dealkylation sites (tertiary alicyclic amines) is 1. The molecule has 2 aromatic heterocycles. The van der Waals surface area contributed by atoms with Crippen molar-refractivity contribution in [3.8, 4) is 0 Å². The van der Waals surface area contributed by atoms with Crippen molar-refractivity contribution in [3.63, 3.8) is 0 Å². The largest absolute Gasteiger partial charge is 0.444 e. The highest BCUT2D eigenvalue weighted by Crippen LogP contribution is 2.33. The predicted octanol–water partition coefficient (Wildman–Crippen LogP) is 2.93. The molecule has 0 atom stereocenters. The Bertz CT molecular complexity index is 850. The zero-order valence-electron chi connectivity index (χ0n) is 15.0. The maximum atomic E-state index is 12.2. The number of halogens is 1. The van der Waals surface area contributed by atoms with Crippen LogP contribution in [0, 0.1) is 0 Å². The third-order valence-corrected chi connectivity index (χ3v) is 4.73. The third-order valence-electron chi connectivity index (χ3n) is 4.33. The van der Waals surface area contributed by atoms with Crippen molar-refractivity contribution >= 4 is 38.8 Å². The third kappa shape index (κ3) is 3.82. The van der Waals surface area contributed by atoms with Crippen LogP contribution in [-0.2, 0) is 4.74 Å². The quantitative estimate of drug-likeness (QED) is 0.720. The number of rotatable bonds is 2. The maximum Gasteiger partial charge on any atom is 0.410 e. The van der Waals surface area contributed by atoms with Crippen molar-refractivity contribution in [3.05, 3.63) is 22.1 Å². The van der Waals surface area contributed by atoms with E-state index in [1.807, 2.05) is 26.8 Å². The average Bonchev–Trinajstić information content (AvgIpc) is 2.96. The molecule has 1 aliphatic rings. The Morgan fingerprint density at radius 1 is 1.35 bits per heavy atom. The van der Waals surface area contributed by atoms with E-state index in [-0.39, 0.29) is 17.7 Å². The number of nitrogens with two attached hydrogens (primary N) is 1. The van der Waals surface area contributed by atoms with Gasteiger partial charge in [0.25, 0.3) is 5.91 Å². The van der Waals surface area contributed by atoms with Crippen molar-refractivity contribution in [2.45, 2.75) is 45.1 Å². The Kier molecular flexibility index (Phi) is 4.92. The number of carbonyl (C=O) groups is 2. The summed E-state index contributed by atoms with van der Waals surface area (Å²) in [7, 11) is 0. The van der Waals surface area contributed by atoms with Crippen molar-refractivity contribution in [1.82, 2.24) is 20.1 Å². The summed E-state index contributed by atoms with van der Waals surface area (Å²) in [6.07, 6.45) is 1.28. The minimum atomic E-state index is -0.617. The number of H-pyrrole nitrogens is 1. The van der Waals surface area contributed by atoms with Crippen LogP contribution in [0.5, 0.6) is 0 Å². The molecular formula is C17H22BrN5O3. The van der Waals surface area contributed by atoms with E-state index < -0.39 is 11.5 Å². The molecule has 9 heteroatoms. The van der Waals surface area contributed by atoms with Crippen LogP contribution in [0.1, 0.15) is 55.7 Å². The lowest BCUT2D eigenvalue weighted by Crippen LogP contribution is -2.41. The standard InChI is InChI=1S/C17H22BrN5O3/c1-17(2,3)26-16(25)23-6-4-9(5-7-23)12-10-8-11(18)20-14(15(19)24)13(10)22-21-12/h8-9H,4-7H2,1-3H3,(H2,19,24)(H,21,22). The van der Waals surface area contributed by atoms with Crippen LogP contribution >= 0.6 is 15.9 Å². The molecule has 0 saturated carbocycles. The number of hydrogen-bond acceptors (Lipinski definition) is 5. The van der Waals surface area contributed by atoms with Gasteiger partial charge in [0.2, 0.25) is 0 Å². The maximum absolute atomic E-state index is 12.2. The van der Waals surface area contributed by atoms with Gasteiger partial charge >= 0.3 is 6.09 Å². The van der Waals surface area contributed by atoms with E-state index in [2.05, 4.69) is 31.1 Å². The van der Waals surface area contributed by atoms with Crippen LogP contribution in [-0.4, -0.2) is 50.8 Å². The molecule has 1 saturated heterocycles. The van der Waals surface area contributed by atoms with E-state index in [0.29, 0.717) is 23.2 Å². The van der Waals surface area contributed by atoms with E-state index in [1.165, 1.54) is 0 Å². The molecule has 2 amide bonds. The number of aromatic nitrogens is 3. The molecule has 1 aliphatic heterocycles. The van der Waals surface area contributed by atoms with Crippen molar-refractivity contribution in [2.75, 3.05) is 13.1 Å². The molecule has 0 radical (unpaired) electrons. The van der Waals surface area contributed by atoms with Gasteiger partial charge in [-0.3, -0.25) is 9.89 Å². The number of aromatic amines is 1. The van der Waals surface area contributed by atoms with Crippen LogP contribution in [0.25, 0.3) is 10.9 Å². The molecule has 140 valence electrons. The first kappa shape index (κ1) is 18.6. The topological polar surface area (TPSA) is 114 Å². The summed E-state index contributed by atoms with van der Waals surface area (Å²) >= 11 is 3.32. The first-order valence-corrected chi connectivity index (χ1v) is 9.27. The van der Waals surface area contributed by atoms with Crippen LogP contribution in [0.3, 0.4) is 0 Å². The fourth-order valence-corrected chi connectivity index (χ4v) is 3.57. The summed E-state index contributed by atoms with van der Waals surface area (Å²) in [4.78, 5) is 29.7. The monoisotopic (exact) mass is 423 g/mol. The van der Waals surface area contributed by atoms with Gasteiger partial charge in [-0.05, 0) is 55.6 Å². The van der Waals surface area contributed by atoms with E-state index in [9.17, 15) is 9.59 Å². The summed E-state index contributed by atoms with van der Waals surface area (Å²) < 4.78 is 5.97. The fourth-order valence-electron chi connectivity index (χ4n) is 3.16. The van der Waals surface area contributed by atoms with Crippen LogP contribution in [0.4, 0.5) is 4.79 Å². The molecular weight excluding hydrogens is 402 g/mol. The van der Waals surface area contributed by atoms with Gasteiger partial charge < -0.3 is 15.4 Å². The van der Waals surface area contributed by atoms with E-state index in [0.717, 1.165) is 23.9 Å². The summed E-state index contributed by atoms with van der Waals surface area (Å²) in [5.41, 5.74) is 6.46. The van der Waals surface area contributed by atoms with Gasteiger partial charge in [-0.15, -0.1) is 0 Å². The highest BCUT2D eigenvalue weighted by Gasteiger charge is 2.29. The second-order valence-electron chi connectivity index (χ2n) is 7.43. The van der Waals surface area contributed by atoms with Crippen molar-refractivity contribution in [2.24, 2.45) is 5.73 Å². The highest BCUT2D eigenvalue weighted by molar-refractivity contribution is 9.10. The van der Waals surface area contributed by atoms with E-state index in [1.54, 1.807) is 4.90 Å². The molecule has 2 aromatic rings. The molecule has 26 heavy (non-hydrogen) atoms. The number of hydrogen-bond donors (Lipinski definition) is 2. The normalized spacial score (nSPS) is 16.1. The number of carbonyl (C=O) groups excluding carboxylic acids is 2. The first-order chi connectivity index (χ1) is 12.2. The van der Waals surface area contributed by atoms with Gasteiger partial charge in [0.1, 0.15) is 15.7 Å². The zero-order valence-corrected chi connectivity index (χ0v) is 16.6. The minimum absolute atomic E-state index is 0.142. The number of amides is 2.